The normalized spacial score (nSPS) is 11.1. The van der Waals surface area contributed by atoms with Gasteiger partial charge in [0.05, 0.1) is 4.34 Å². The second-order valence-corrected chi connectivity index (χ2v) is 6.10. The molecular formula is C13H21ClN2S. The molecule has 1 rings (SSSR count). The van der Waals surface area contributed by atoms with E-state index in [1.54, 1.807) is 11.3 Å². The third-order valence-corrected chi connectivity index (χ3v) is 3.57. The molecule has 0 radical (unpaired) electrons. The predicted molar refractivity (Wildman–Crippen MR) is 78.0 cm³/mol. The van der Waals surface area contributed by atoms with Gasteiger partial charge in [-0.1, -0.05) is 25.1 Å². The highest BCUT2D eigenvalue weighted by Crippen LogP contribution is 2.22. The maximum Gasteiger partial charge on any atom is 0.0931 e. The molecule has 0 aromatic carbocycles. The Labute approximate surface area is 113 Å². The third kappa shape index (κ3) is 6.22. The van der Waals surface area contributed by atoms with Gasteiger partial charge in [-0.2, -0.15) is 0 Å². The van der Waals surface area contributed by atoms with E-state index in [2.05, 4.69) is 36.8 Å². The summed E-state index contributed by atoms with van der Waals surface area (Å²) in [6.07, 6.45) is 1.16. The first kappa shape index (κ1) is 14.7. The Bertz CT molecular complexity index is 349. The fourth-order valence-corrected chi connectivity index (χ4v) is 2.81. The van der Waals surface area contributed by atoms with E-state index in [0.717, 1.165) is 36.9 Å². The van der Waals surface area contributed by atoms with Gasteiger partial charge in [0.15, 0.2) is 0 Å². The Morgan fingerprint density at radius 1 is 1.53 bits per heavy atom. The lowest BCUT2D eigenvalue weighted by molar-refractivity contribution is 0.355. The summed E-state index contributed by atoms with van der Waals surface area (Å²) in [5.41, 5.74) is 1.23. The number of hydrogen-bond donors (Lipinski definition) is 1. The molecule has 96 valence electrons. The Morgan fingerprint density at radius 3 is 2.88 bits per heavy atom. The topological polar surface area (TPSA) is 15.3 Å². The molecule has 0 amide bonds. The van der Waals surface area contributed by atoms with Crippen molar-refractivity contribution < 1.29 is 0 Å². The van der Waals surface area contributed by atoms with E-state index < -0.39 is 0 Å². The van der Waals surface area contributed by atoms with Crippen LogP contribution in [0.5, 0.6) is 0 Å². The zero-order valence-corrected chi connectivity index (χ0v) is 12.2. The van der Waals surface area contributed by atoms with Crippen LogP contribution in [0, 0.1) is 0 Å². The number of likely N-dealkylation sites (N-methyl/N-ethyl adjacent to an activating group) is 1. The molecule has 4 heteroatoms. The molecule has 0 aliphatic rings. The van der Waals surface area contributed by atoms with E-state index in [-0.39, 0.29) is 0 Å². The van der Waals surface area contributed by atoms with Crippen molar-refractivity contribution in [3.8, 4) is 0 Å². The zero-order valence-electron chi connectivity index (χ0n) is 10.6. The van der Waals surface area contributed by atoms with Crippen LogP contribution in [0.25, 0.3) is 0 Å². The summed E-state index contributed by atoms with van der Waals surface area (Å²) in [5, 5.41) is 3.36. The van der Waals surface area contributed by atoms with Gasteiger partial charge in [-0.15, -0.1) is 11.3 Å². The molecule has 0 saturated heterocycles. The van der Waals surface area contributed by atoms with Crippen molar-refractivity contribution in [2.24, 2.45) is 0 Å². The van der Waals surface area contributed by atoms with Crippen molar-refractivity contribution in [1.82, 2.24) is 10.2 Å². The summed E-state index contributed by atoms with van der Waals surface area (Å²) < 4.78 is 0.858. The summed E-state index contributed by atoms with van der Waals surface area (Å²) in [7, 11) is 2.11. The fourth-order valence-electron chi connectivity index (χ4n) is 1.64. The van der Waals surface area contributed by atoms with Gasteiger partial charge >= 0.3 is 0 Å². The molecule has 17 heavy (non-hydrogen) atoms. The fraction of sp³-hybridized carbons (Fsp3) is 0.538. The number of rotatable bonds is 8. The molecule has 0 saturated carbocycles. The average molecular weight is 273 g/mol. The molecular weight excluding hydrogens is 252 g/mol. The lowest BCUT2D eigenvalue weighted by atomic mass is 10.2. The Hall–Kier alpha value is -0.350. The molecule has 1 aromatic heterocycles. The van der Waals surface area contributed by atoms with Crippen LogP contribution in [0.15, 0.2) is 24.3 Å². The van der Waals surface area contributed by atoms with Crippen LogP contribution in [0.2, 0.25) is 4.34 Å². The standard InChI is InChI=1S/C13H21ClN2S/c1-4-7-15-8-11(2)9-16(3)10-12-5-6-13(14)17-12/h5-6,15H,2,4,7-10H2,1,3H3. The summed E-state index contributed by atoms with van der Waals surface area (Å²) in [4.78, 5) is 3.56. The van der Waals surface area contributed by atoms with Crippen molar-refractivity contribution in [1.29, 1.82) is 0 Å². The largest absolute Gasteiger partial charge is 0.313 e. The van der Waals surface area contributed by atoms with Crippen LogP contribution in [0.3, 0.4) is 0 Å². The highest BCUT2D eigenvalue weighted by Gasteiger charge is 2.04. The van der Waals surface area contributed by atoms with E-state index in [0.29, 0.717) is 0 Å². The van der Waals surface area contributed by atoms with Crippen LogP contribution in [-0.4, -0.2) is 31.6 Å². The lowest BCUT2D eigenvalue weighted by Crippen LogP contribution is -2.26. The van der Waals surface area contributed by atoms with Crippen molar-refractivity contribution >= 4 is 22.9 Å². The van der Waals surface area contributed by atoms with Crippen molar-refractivity contribution in [3.05, 3.63) is 33.5 Å². The molecule has 0 bridgehead atoms. The monoisotopic (exact) mass is 272 g/mol. The van der Waals surface area contributed by atoms with E-state index in [1.165, 1.54) is 10.5 Å². The smallest absolute Gasteiger partial charge is 0.0931 e. The number of thiophene rings is 1. The van der Waals surface area contributed by atoms with E-state index >= 15 is 0 Å². The maximum absolute atomic E-state index is 5.91. The molecule has 0 atom stereocenters. The summed E-state index contributed by atoms with van der Waals surface area (Å²) in [5.74, 6) is 0. The SMILES string of the molecule is C=C(CNCCC)CN(C)Cc1ccc(Cl)s1. The maximum atomic E-state index is 5.91. The van der Waals surface area contributed by atoms with Crippen LogP contribution in [0.1, 0.15) is 18.2 Å². The van der Waals surface area contributed by atoms with E-state index in [1.807, 2.05) is 6.07 Å². The molecule has 0 aliphatic carbocycles. The summed E-state index contributed by atoms with van der Waals surface area (Å²) >= 11 is 7.55. The summed E-state index contributed by atoms with van der Waals surface area (Å²) in [6.45, 7) is 10.1. The highest BCUT2D eigenvalue weighted by molar-refractivity contribution is 7.16. The van der Waals surface area contributed by atoms with Gasteiger partial charge in [0.25, 0.3) is 0 Å². The average Bonchev–Trinajstić information content (AvgIpc) is 2.64. The van der Waals surface area contributed by atoms with Crippen LogP contribution < -0.4 is 5.32 Å². The van der Waals surface area contributed by atoms with Gasteiger partial charge in [0, 0.05) is 24.5 Å². The van der Waals surface area contributed by atoms with Crippen LogP contribution >= 0.6 is 22.9 Å². The molecule has 1 heterocycles. The zero-order chi connectivity index (χ0) is 12.7. The molecule has 0 fully saturated rings. The number of nitrogens with zero attached hydrogens (tertiary/aromatic N) is 1. The molecule has 0 aliphatic heterocycles. The molecule has 2 nitrogen and oxygen atoms in total. The molecule has 0 spiro atoms. The lowest BCUT2D eigenvalue weighted by Gasteiger charge is -2.17. The molecule has 1 aromatic rings. The number of nitrogens with one attached hydrogen (secondary N) is 1. The van der Waals surface area contributed by atoms with Crippen molar-refractivity contribution in [2.45, 2.75) is 19.9 Å². The molecule has 0 unspecified atom stereocenters. The van der Waals surface area contributed by atoms with Gasteiger partial charge in [-0.25, -0.2) is 0 Å². The first-order chi connectivity index (χ1) is 8.11. The number of halogens is 1. The molecule has 1 N–H and O–H groups in total. The Balaban J connectivity index is 2.24. The third-order valence-electron chi connectivity index (χ3n) is 2.35. The number of hydrogen-bond acceptors (Lipinski definition) is 3. The Morgan fingerprint density at radius 2 is 2.29 bits per heavy atom. The van der Waals surface area contributed by atoms with Crippen LogP contribution in [-0.2, 0) is 6.54 Å². The van der Waals surface area contributed by atoms with Gasteiger partial charge in [-0.05, 0) is 37.7 Å². The second-order valence-electron chi connectivity index (χ2n) is 4.30. The highest BCUT2D eigenvalue weighted by atomic mass is 35.5. The minimum Gasteiger partial charge on any atom is -0.313 e. The van der Waals surface area contributed by atoms with Gasteiger partial charge < -0.3 is 5.32 Å². The van der Waals surface area contributed by atoms with E-state index in [4.69, 9.17) is 11.6 Å². The van der Waals surface area contributed by atoms with Crippen molar-refractivity contribution in [3.63, 3.8) is 0 Å². The van der Waals surface area contributed by atoms with Gasteiger partial charge in [0.1, 0.15) is 0 Å². The van der Waals surface area contributed by atoms with E-state index in [9.17, 15) is 0 Å². The van der Waals surface area contributed by atoms with Gasteiger partial charge in [-0.3, -0.25) is 4.90 Å². The van der Waals surface area contributed by atoms with Crippen molar-refractivity contribution in [2.75, 3.05) is 26.7 Å². The minimum absolute atomic E-state index is 0.858. The summed E-state index contributed by atoms with van der Waals surface area (Å²) in [6, 6.07) is 4.04. The first-order valence-corrected chi connectivity index (χ1v) is 7.11. The minimum atomic E-state index is 0.858. The van der Waals surface area contributed by atoms with Crippen LogP contribution in [0.4, 0.5) is 0 Å². The second kappa shape index (κ2) is 7.88. The Kier molecular flexibility index (Phi) is 6.82. The van der Waals surface area contributed by atoms with Gasteiger partial charge in [0.2, 0.25) is 0 Å². The predicted octanol–water partition coefficient (Wildman–Crippen LogP) is 3.39. The first-order valence-electron chi connectivity index (χ1n) is 5.92. The quantitative estimate of drug-likeness (QED) is 0.576.